The molecule has 0 aliphatic rings. The molecular weight excluding hydrogens is 188 g/mol. The van der Waals surface area contributed by atoms with E-state index in [9.17, 15) is 10.1 Å². The number of nitro groups is 1. The van der Waals surface area contributed by atoms with E-state index in [4.69, 9.17) is 18.0 Å². The second-order valence-electron chi connectivity index (χ2n) is 2.57. The Morgan fingerprint density at radius 1 is 1.62 bits per heavy atom. The van der Waals surface area contributed by atoms with E-state index in [-0.39, 0.29) is 5.69 Å². The molecule has 68 valence electrons. The van der Waals surface area contributed by atoms with Crippen LogP contribution in [0.4, 0.5) is 5.69 Å². The zero-order valence-electron chi connectivity index (χ0n) is 6.77. The average Bonchev–Trinajstić information content (AvgIpc) is 2.03. The van der Waals surface area contributed by atoms with Gasteiger partial charge in [-0.05, 0) is 5.56 Å². The second kappa shape index (κ2) is 3.95. The van der Waals surface area contributed by atoms with Crippen LogP contribution in [-0.4, -0.2) is 9.91 Å². The molecule has 0 saturated heterocycles. The highest BCUT2D eigenvalue weighted by Crippen LogP contribution is 2.13. The van der Waals surface area contributed by atoms with Crippen molar-refractivity contribution < 1.29 is 4.92 Å². The normalized spacial score (nSPS) is 9.54. The van der Waals surface area contributed by atoms with Gasteiger partial charge in [-0.15, -0.1) is 0 Å². The number of nitrogens with two attached hydrogens (primary N) is 1. The Morgan fingerprint density at radius 3 is 2.85 bits per heavy atom. The number of non-ortho nitro benzene ring substituents is 1. The van der Waals surface area contributed by atoms with E-state index in [1.165, 1.54) is 12.1 Å². The van der Waals surface area contributed by atoms with Crippen LogP contribution in [0, 0.1) is 10.1 Å². The molecule has 13 heavy (non-hydrogen) atoms. The van der Waals surface area contributed by atoms with Crippen LogP contribution >= 0.6 is 12.2 Å². The van der Waals surface area contributed by atoms with Crippen molar-refractivity contribution in [2.45, 2.75) is 6.42 Å². The summed E-state index contributed by atoms with van der Waals surface area (Å²) in [6.07, 6.45) is 0.400. The fraction of sp³-hybridized carbons (Fsp3) is 0.125. The van der Waals surface area contributed by atoms with E-state index >= 15 is 0 Å². The largest absolute Gasteiger partial charge is 0.393 e. The van der Waals surface area contributed by atoms with E-state index in [1.54, 1.807) is 12.1 Å². The van der Waals surface area contributed by atoms with Crippen molar-refractivity contribution >= 4 is 22.9 Å². The Hall–Kier alpha value is -1.49. The maximum absolute atomic E-state index is 10.4. The maximum Gasteiger partial charge on any atom is 0.269 e. The van der Waals surface area contributed by atoms with Crippen LogP contribution < -0.4 is 5.73 Å². The lowest BCUT2D eigenvalue weighted by Gasteiger charge is -1.98. The van der Waals surface area contributed by atoms with E-state index in [0.717, 1.165) is 5.56 Å². The van der Waals surface area contributed by atoms with Crippen molar-refractivity contribution in [2.24, 2.45) is 5.73 Å². The van der Waals surface area contributed by atoms with Crippen molar-refractivity contribution in [1.82, 2.24) is 0 Å². The van der Waals surface area contributed by atoms with Gasteiger partial charge in [0.2, 0.25) is 0 Å². The number of hydrogen-bond acceptors (Lipinski definition) is 3. The summed E-state index contributed by atoms with van der Waals surface area (Å²) in [7, 11) is 0. The molecule has 0 unspecified atom stereocenters. The molecule has 1 rings (SSSR count). The third kappa shape index (κ3) is 2.79. The van der Waals surface area contributed by atoms with Gasteiger partial charge in [0, 0.05) is 18.6 Å². The standard InChI is InChI=1S/C8H8N2O2S/c9-8(13)5-6-2-1-3-7(4-6)10(11)12/h1-4H,5H2,(H2,9,13). The lowest BCUT2D eigenvalue weighted by atomic mass is 10.1. The van der Waals surface area contributed by atoms with Crippen molar-refractivity contribution in [3.05, 3.63) is 39.9 Å². The molecule has 0 heterocycles. The summed E-state index contributed by atoms with van der Waals surface area (Å²) < 4.78 is 0. The number of rotatable bonds is 3. The van der Waals surface area contributed by atoms with Gasteiger partial charge in [0.25, 0.3) is 5.69 Å². The molecule has 0 aliphatic carbocycles. The molecule has 0 atom stereocenters. The minimum absolute atomic E-state index is 0.0637. The number of nitrogens with zero attached hydrogens (tertiary/aromatic N) is 1. The van der Waals surface area contributed by atoms with Gasteiger partial charge >= 0.3 is 0 Å². The average molecular weight is 196 g/mol. The zero-order chi connectivity index (χ0) is 9.84. The summed E-state index contributed by atoms with van der Waals surface area (Å²) in [5.41, 5.74) is 6.14. The molecule has 5 heteroatoms. The summed E-state index contributed by atoms with van der Waals surface area (Å²) in [6, 6.07) is 6.28. The van der Waals surface area contributed by atoms with Gasteiger partial charge in [-0.2, -0.15) is 0 Å². The van der Waals surface area contributed by atoms with Crippen molar-refractivity contribution in [2.75, 3.05) is 0 Å². The first kappa shape index (κ1) is 9.60. The SMILES string of the molecule is NC(=S)Cc1cccc([N+](=O)[O-])c1. The molecule has 2 N–H and O–H groups in total. The quantitative estimate of drug-likeness (QED) is 0.451. The molecule has 0 aromatic heterocycles. The van der Waals surface area contributed by atoms with E-state index in [2.05, 4.69) is 0 Å². The van der Waals surface area contributed by atoms with Gasteiger partial charge in [-0.1, -0.05) is 24.4 Å². The van der Waals surface area contributed by atoms with Crippen LogP contribution in [0.2, 0.25) is 0 Å². The van der Waals surface area contributed by atoms with Gasteiger partial charge in [0.05, 0.1) is 9.91 Å². The van der Waals surface area contributed by atoms with Gasteiger partial charge in [-0.3, -0.25) is 10.1 Å². The third-order valence-electron chi connectivity index (χ3n) is 1.50. The Balaban J connectivity index is 2.91. The lowest BCUT2D eigenvalue weighted by Crippen LogP contribution is -2.10. The second-order valence-corrected chi connectivity index (χ2v) is 3.09. The number of hydrogen-bond donors (Lipinski definition) is 1. The Morgan fingerprint density at radius 2 is 2.31 bits per heavy atom. The number of thiocarbonyl (C=S) groups is 1. The molecule has 0 saturated carbocycles. The fourth-order valence-electron chi connectivity index (χ4n) is 0.981. The first-order chi connectivity index (χ1) is 6.09. The minimum Gasteiger partial charge on any atom is -0.393 e. The highest BCUT2D eigenvalue weighted by molar-refractivity contribution is 7.80. The smallest absolute Gasteiger partial charge is 0.269 e. The molecule has 0 amide bonds. The van der Waals surface area contributed by atoms with E-state index < -0.39 is 4.92 Å². The van der Waals surface area contributed by atoms with Gasteiger partial charge < -0.3 is 5.73 Å². The highest BCUT2D eigenvalue weighted by Gasteiger charge is 2.05. The van der Waals surface area contributed by atoms with Crippen molar-refractivity contribution in [3.63, 3.8) is 0 Å². The van der Waals surface area contributed by atoms with E-state index in [0.29, 0.717) is 11.4 Å². The zero-order valence-corrected chi connectivity index (χ0v) is 7.58. The molecular formula is C8H8N2O2S. The number of benzene rings is 1. The predicted octanol–water partition coefficient (Wildman–Crippen LogP) is 1.42. The predicted molar refractivity (Wildman–Crippen MR) is 53.6 cm³/mol. The van der Waals surface area contributed by atoms with Crippen LogP contribution in [0.1, 0.15) is 5.56 Å². The molecule has 1 aromatic rings. The number of nitro benzene ring substituents is 1. The molecule has 0 spiro atoms. The minimum atomic E-state index is -0.441. The van der Waals surface area contributed by atoms with E-state index in [1.807, 2.05) is 0 Å². The Kier molecular flexibility index (Phi) is 2.92. The van der Waals surface area contributed by atoms with Crippen molar-refractivity contribution in [3.8, 4) is 0 Å². The van der Waals surface area contributed by atoms with Crippen LogP contribution in [0.15, 0.2) is 24.3 Å². The molecule has 0 aliphatic heterocycles. The third-order valence-corrected chi connectivity index (χ3v) is 1.64. The summed E-state index contributed by atoms with van der Waals surface area (Å²) in [4.78, 5) is 10.3. The Bertz CT molecular complexity index is 352. The topological polar surface area (TPSA) is 69.2 Å². The van der Waals surface area contributed by atoms with Crippen LogP contribution in [0.3, 0.4) is 0 Å². The first-order valence-electron chi connectivity index (χ1n) is 3.61. The van der Waals surface area contributed by atoms with Crippen molar-refractivity contribution in [1.29, 1.82) is 0 Å². The van der Waals surface area contributed by atoms with Crippen LogP contribution in [-0.2, 0) is 6.42 Å². The fourth-order valence-corrected chi connectivity index (χ4v) is 1.15. The molecule has 0 fully saturated rings. The first-order valence-corrected chi connectivity index (χ1v) is 4.02. The van der Waals surface area contributed by atoms with Gasteiger partial charge in [0.15, 0.2) is 0 Å². The Labute approximate surface area is 80.5 Å². The van der Waals surface area contributed by atoms with Gasteiger partial charge in [0.1, 0.15) is 0 Å². The molecule has 4 nitrogen and oxygen atoms in total. The maximum atomic E-state index is 10.4. The van der Waals surface area contributed by atoms with Gasteiger partial charge in [-0.25, -0.2) is 0 Å². The summed E-state index contributed by atoms with van der Waals surface area (Å²) in [5.74, 6) is 0. The summed E-state index contributed by atoms with van der Waals surface area (Å²) >= 11 is 4.69. The molecule has 1 aromatic carbocycles. The highest BCUT2D eigenvalue weighted by atomic mass is 32.1. The van der Waals surface area contributed by atoms with Crippen LogP contribution in [0.5, 0.6) is 0 Å². The monoisotopic (exact) mass is 196 g/mol. The lowest BCUT2D eigenvalue weighted by molar-refractivity contribution is -0.384. The van der Waals surface area contributed by atoms with Crippen LogP contribution in [0.25, 0.3) is 0 Å². The summed E-state index contributed by atoms with van der Waals surface area (Å²) in [6.45, 7) is 0. The summed E-state index contributed by atoms with van der Waals surface area (Å²) in [5, 5.41) is 10.4. The molecule has 0 radical (unpaired) electrons. The molecule has 0 bridgehead atoms.